The predicted molar refractivity (Wildman–Crippen MR) is 164 cm³/mol. The Bertz CT molecular complexity index is 1030. The second-order valence-electron chi connectivity index (χ2n) is 11.1. The number of hydrogen-bond acceptors (Lipinski definition) is 9. The first-order valence-corrected chi connectivity index (χ1v) is 15.6. The number of carbonyl (C=O) groups excluding carboxylic acids is 5. The second kappa shape index (κ2) is 18.7. The van der Waals surface area contributed by atoms with E-state index in [1.807, 2.05) is 0 Å². The standard InChI is InChI=1S/C27H41Br2N5O9/c1-26(2,3)42-24(38)32-40-9-7-34(8-10-41-33-25(39)43-27(4,5)6)23(37)20-12-18(16-30-21(35)14-28)11-19(13-20)17-31-22(36)15-29/h11-13H,7-10,14-17H2,1-6H3,(H,30,35)(H,31,36)(H,32,38)(H,33,39). The Morgan fingerprint density at radius 3 is 1.44 bits per heavy atom. The summed E-state index contributed by atoms with van der Waals surface area (Å²) in [5.41, 5.74) is 4.43. The van der Waals surface area contributed by atoms with Gasteiger partial charge in [0.15, 0.2) is 0 Å². The summed E-state index contributed by atoms with van der Waals surface area (Å²) in [5, 5.41) is 5.70. The maximum Gasteiger partial charge on any atom is 0.431 e. The summed E-state index contributed by atoms with van der Waals surface area (Å²) in [5.74, 6) is -0.906. The first-order valence-electron chi connectivity index (χ1n) is 13.3. The Morgan fingerprint density at radius 1 is 0.698 bits per heavy atom. The molecule has 0 saturated carbocycles. The molecule has 5 amide bonds. The summed E-state index contributed by atoms with van der Waals surface area (Å²) >= 11 is 6.20. The van der Waals surface area contributed by atoms with Gasteiger partial charge >= 0.3 is 12.2 Å². The van der Waals surface area contributed by atoms with Crippen molar-refractivity contribution in [1.29, 1.82) is 0 Å². The molecule has 0 aromatic heterocycles. The van der Waals surface area contributed by atoms with Gasteiger partial charge in [0.25, 0.3) is 5.91 Å². The molecule has 0 spiro atoms. The molecule has 14 nitrogen and oxygen atoms in total. The van der Waals surface area contributed by atoms with Crippen LogP contribution in [0.2, 0.25) is 0 Å². The predicted octanol–water partition coefficient (Wildman–Crippen LogP) is 3.06. The van der Waals surface area contributed by atoms with Gasteiger partial charge in [0.05, 0.1) is 23.9 Å². The molecule has 0 unspecified atom stereocenters. The Hall–Kier alpha value is -2.95. The van der Waals surface area contributed by atoms with Crippen molar-refractivity contribution in [3.63, 3.8) is 0 Å². The lowest BCUT2D eigenvalue weighted by atomic mass is 10.0. The molecule has 0 saturated heterocycles. The van der Waals surface area contributed by atoms with Crippen molar-refractivity contribution in [2.24, 2.45) is 0 Å². The highest BCUT2D eigenvalue weighted by Crippen LogP contribution is 2.14. The lowest BCUT2D eigenvalue weighted by Gasteiger charge is -2.24. The third kappa shape index (κ3) is 17.7. The summed E-state index contributed by atoms with van der Waals surface area (Å²) < 4.78 is 10.3. The quantitative estimate of drug-likeness (QED) is 0.120. The molecular weight excluding hydrogens is 698 g/mol. The van der Waals surface area contributed by atoms with Gasteiger partial charge in [-0.15, -0.1) is 0 Å². The number of alkyl halides is 2. The summed E-state index contributed by atoms with van der Waals surface area (Å²) in [4.78, 5) is 72.8. The Balaban J connectivity index is 3.08. The summed E-state index contributed by atoms with van der Waals surface area (Å²) in [6.45, 7) is 10.4. The van der Waals surface area contributed by atoms with Crippen LogP contribution in [0.25, 0.3) is 0 Å². The zero-order chi connectivity index (χ0) is 32.6. The highest BCUT2D eigenvalue weighted by molar-refractivity contribution is 9.09. The minimum Gasteiger partial charge on any atom is -0.442 e. The fourth-order valence-corrected chi connectivity index (χ4v) is 3.61. The summed E-state index contributed by atoms with van der Waals surface area (Å²) in [6.07, 6.45) is -1.58. The van der Waals surface area contributed by atoms with Crippen molar-refractivity contribution < 1.29 is 43.1 Å². The monoisotopic (exact) mass is 737 g/mol. The average molecular weight is 739 g/mol. The number of hydrogen-bond donors (Lipinski definition) is 4. The topological polar surface area (TPSA) is 174 Å². The fraction of sp³-hybridized carbons (Fsp3) is 0.593. The number of amides is 5. The number of carbonyl (C=O) groups is 5. The molecule has 0 aliphatic rings. The number of nitrogens with zero attached hydrogens (tertiary/aromatic N) is 1. The van der Waals surface area contributed by atoms with Crippen LogP contribution in [0.5, 0.6) is 0 Å². The van der Waals surface area contributed by atoms with Crippen molar-refractivity contribution in [1.82, 2.24) is 26.5 Å². The number of benzene rings is 1. The molecule has 16 heteroatoms. The maximum atomic E-state index is 13.7. The van der Waals surface area contributed by atoms with Gasteiger partial charge in [-0.2, -0.15) is 11.0 Å². The van der Waals surface area contributed by atoms with E-state index in [0.29, 0.717) is 11.1 Å². The van der Waals surface area contributed by atoms with E-state index in [4.69, 9.17) is 19.1 Å². The molecule has 0 radical (unpaired) electrons. The van der Waals surface area contributed by atoms with Crippen LogP contribution in [0, 0.1) is 0 Å². The first kappa shape index (κ1) is 38.1. The summed E-state index contributed by atoms with van der Waals surface area (Å²) in [7, 11) is 0. The maximum absolute atomic E-state index is 13.7. The van der Waals surface area contributed by atoms with E-state index in [9.17, 15) is 24.0 Å². The van der Waals surface area contributed by atoms with Gasteiger partial charge in [-0.1, -0.05) is 37.9 Å². The number of nitrogens with one attached hydrogen (secondary N) is 4. The van der Waals surface area contributed by atoms with Crippen molar-refractivity contribution in [2.75, 3.05) is 37.0 Å². The van der Waals surface area contributed by atoms with Crippen molar-refractivity contribution in [3.8, 4) is 0 Å². The molecule has 43 heavy (non-hydrogen) atoms. The largest absolute Gasteiger partial charge is 0.442 e. The molecule has 1 aromatic carbocycles. The number of hydroxylamine groups is 2. The zero-order valence-electron chi connectivity index (χ0n) is 25.3. The number of halogens is 2. The van der Waals surface area contributed by atoms with E-state index in [0.717, 1.165) is 0 Å². The molecule has 0 aliphatic carbocycles. The van der Waals surface area contributed by atoms with Crippen LogP contribution in [0.4, 0.5) is 9.59 Å². The van der Waals surface area contributed by atoms with E-state index < -0.39 is 29.3 Å². The van der Waals surface area contributed by atoms with Gasteiger partial charge in [0, 0.05) is 31.7 Å². The molecule has 0 fully saturated rings. The molecule has 0 atom stereocenters. The minimum atomic E-state index is -0.788. The van der Waals surface area contributed by atoms with Gasteiger partial charge in [0.2, 0.25) is 11.8 Å². The van der Waals surface area contributed by atoms with Gasteiger partial charge < -0.3 is 25.0 Å². The molecule has 4 N–H and O–H groups in total. The van der Waals surface area contributed by atoms with Crippen LogP contribution in [0.3, 0.4) is 0 Å². The normalized spacial score (nSPS) is 11.3. The zero-order valence-corrected chi connectivity index (χ0v) is 28.4. The highest BCUT2D eigenvalue weighted by atomic mass is 79.9. The second-order valence-corrected chi connectivity index (χ2v) is 12.2. The molecule has 0 bridgehead atoms. The number of ether oxygens (including phenoxy) is 2. The van der Waals surface area contributed by atoms with Gasteiger partial charge in [0.1, 0.15) is 11.2 Å². The Morgan fingerprint density at radius 2 is 1.09 bits per heavy atom. The summed E-state index contributed by atoms with van der Waals surface area (Å²) in [6, 6.07) is 5.02. The third-order valence-electron chi connectivity index (χ3n) is 4.84. The fourth-order valence-electron chi connectivity index (χ4n) is 3.21. The third-order valence-corrected chi connectivity index (χ3v) is 5.86. The highest BCUT2D eigenvalue weighted by Gasteiger charge is 2.20. The van der Waals surface area contributed by atoms with Crippen LogP contribution in [-0.2, 0) is 41.8 Å². The minimum absolute atomic E-state index is 0.0185. The van der Waals surface area contributed by atoms with Gasteiger partial charge in [-0.25, -0.2) is 9.59 Å². The van der Waals surface area contributed by atoms with E-state index in [2.05, 4.69) is 53.5 Å². The van der Waals surface area contributed by atoms with Crippen LogP contribution in [0.1, 0.15) is 63.0 Å². The van der Waals surface area contributed by atoms with Crippen LogP contribution in [-0.4, -0.2) is 83.0 Å². The Kier molecular flexibility index (Phi) is 16.5. The van der Waals surface area contributed by atoms with E-state index >= 15 is 0 Å². The first-order chi connectivity index (χ1) is 20.0. The van der Waals surface area contributed by atoms with E-state index in [1.54, 1.807) is 59.7 Å². The van der Waals surface area contributed by atoms with Gasteiger partial charge in [-0.3, -0.25) is 24.1 Å². The lowest BCUT2D eigenvalue weighted by Crippen LogP contribution is -2.40. The van der Waals surface area contributed by atoms with Crippen LogP contribution >= 0.6 is 31.9 Å². The van der Waals surface area contributed by atoms with E-state index in [1.165, 1.54) is 4.90 Å². The van der Waals surface area contributed by atoms with Gasteiger partial charge in [-0.05, 0) is 64.8 Å². The molecular formula is C27H41Br2N5O9. The van der Waals surface area contributed by atoms with Crippen molar-refractivity contribution in [3.05, 3.63) is 34.9 Å². The van der Waals surface area contributed by atoms with Crippen molar-refractivity contribution >= 4 is 61.8 Å². The molecule has 1 rings (SSSR count). The van der Waals surface area contributed by atoms with Crippen LogP contribution < -0.4 is 21.6 Å². The van der Waals surface area contributed by atoms with Crippen molar-refractivity contribution in [2.45, 2.75) is 65.8 Å². The van der Waals surface area contributed by atoms with Crippen LogP contribution in [0.15, 0.2) is 18.2 Å². The molecule has 1 aromatic rings. The smallest absolute Gasteiger partial charge is 0.431 e. The lowest BCUT2D eigenvalue weighted by molar-refractivity contribution is -0.119. The Labute approximate surface area is 268 Å². The number of rotatable bonds is 15. The molecule has 0 aliphatic heterocycles. The molecule has 0 heterocycles. The average Bonchev–Trinajstić information content (AvgIpc) is 2.91. The SMILES string of the molecule is CC(C)(C)OC(=O)NOCCN(CCONC(=O)OC(C)(C)C)C(=O)c1cc(CNC(=O)CBr)cc(CNC(=O)CBr)c1. The van der Waals surface area contributed by atoms with E-state index in [-0.39, 0.29) is 67.4 Å². The molecule has 242 valence electrons.